The maximum atomic E-state index is 2.36. The molecule has 120 valence electrons. The quantitative estimate of drug-likeness (QED) is 0.619. The zero-order chi connectivity index (χ0) is 15.4. The van der Waals surface area contributed by atoms with Gasteiger partial charge in [-0.3, -0.25) is 0 Å². The molecule has 0 fully saturated rings. The van der Waals surface area contributed by atoms with Crippen molar-refractivity contribution in [3.8, 4) is 0 Å². The van der Waals surface area contributed by atoms with Crippen LogP contribution in [0.4, 0.5) is 0 Å². The first kappa shape index (κ1) is 17.3. The van der Waals surface area contributed by atoms with Gasteiger partial charge >= 0.3 is 0 Å². The second-order valence-electron chi connectivity index (χ2n) is 6.04. The first-order valence-electron chi connectivity index (χ1n) is 7.90. The smallest absolute Gasteiger partial charge is 0.259 e. The van der Waals surface area contributed by atoms with Crippen LogP contribution in [0.3, 0.4) is 0 Å². The topological polar surface area (TPSA) is 8.81 Å². The van der Waals surface area contributed by atoms with E-state index in [1.807, 2.05) is 0 Å². The van der Waals surface area contributed by atoms with Gasteiger partial charge in [0.1, 0.15) is 25.5 Å². The zero-order valence-electron chi connectivity index (χ0n) is 13.7. The maximum Gasteiger partial charge on any atom is 0.259 e. The van der Waals surface area contributed by atoms with E-state index in [0.717, 1.165) is 13.1 Å². The lowest BCUT2D eigenvalue weighted by atomic mass is 10.1. The summed E-state index contributed by atoms with van der Waals surface area (Å²) in [5.74, 6) is 1.86. The molecule has 3 heteroatoms. The van der Waals surface area contributed by atoms with Crippen LogP contribution in [-0.4, -0.2) is 4.57 Å². The molecule has 0 unspecified atom stereocenters. The fraction of sp³-hybridized carbons (Fsp3) is 0.250. The average molecular weight is 327 g/mol. The molecule has 2 aromatic carbocycles. The van der Waals surface area contributed by atoms with Gasteiger partial charge in [0.25, 0.3) is 5.82 Å². The Hall–Kier alpha value is -2.06. The molecule has 0 atom stereocenters. The van der Waals surface area contributed by atoms with E-state index in [-0.39, 0.29) is 12.4 Å². The van der Waals surface area contributed by atoms with E-state index in [9.17, 15) is 0 Å². The molecule has 0 spiro atoms. The Morgan fingerprint density at radius 1 is 0.870 bits per heavy atom. The summed E-state index contributed by atoms with van der Waals surface area (Å²) >= 11 is 0. The van der Waals surface area contributed by atoms with Gasteiger partial charge in [0.15, 0.2) is 0 Å². The number of imidazole rings is 1. The third kappa shape index (κ3) is 4.23. The highest BCUT2D eigenvalue weighted by atomic mass is 35.5. The summed E-state index contributed by atoms with van der Waals surface area (Å²) < 4.78 is 4.73. The second-order valence-corrected chi connectivity index (χ2v) is 6.04. The van der Waals surface area contributed by atoms with E-state index in [4.69, 9.17) is 0 Å². The Labute approximate surface area is 144 Å². The molecule has 0 amide bonds. The van der Waals surface area contributed by atoms with Crippen molar-refractivity contribution in [2.75, 3.05) is 0 Å². The molecule has 1 heterocycles. The van der Waals surface area contributed by atoms with Gasteiger partial charge in [-0.15, -0.1) is 0 Å². The van der Waals surface area contributed by atoms with E-state index in [1.54, 1.807) is 0 Å². The van der Waals surface area contributed by atoms with E-state index in [1.165, 1.54) is 17.0 Å². The fourth-order valence-electron chi connectivity index (χ4n) is 2.97. The van der Waals surface area contributed by atoms with Gasteiger partial charge in [0.05, 0.1) is 5.92 Å². The van der Waals surface area contributed by atoms with E-state index in [2.05, 4.69) is 96.0 Å². The minimum Gasteiger partial charge on any atom is -1.00 e. The fourth-order valence-corrected chi connectivity index (χ4v) is 2.97. The van der Waals surface area contributed by atoms with Gasteiger partial charge in [0.2, 0.25) is 0 Å². The van der Waals surface area contributed by atoms with E-state index in [0.29, 0.717) is 5.92 Å². The van der Waals surface area contributed by atoms with Crippen LogP contribution in [0, 0.1) is 0 Å². The van der Waals surface area contributed by atoms with Crippen LogP contribution in [0.5, 0.6) is 0 Å². The van der Waals surface area contributed by atoms with Crippen molar-refractivity contribution in [1.82, 2.24) is 4.57 Å². The summed E-state index contributed by atoms with van der Waals surface area (Å²) in [5, 5.41) is 0. The molecule has 0 saturated carbocycles. The number of hydrogen-bond donors (Lipinski definition) is 0. The highest BCUT2D eigenvalue weighted by molar-refractivity contribution is 5.16. The summed E-state index contributed by atoms with van der Waals surface area (Å²) in [6.45, 7) is 6.38. The lowest BCUT2D eigenvalue weighted by molar-refractivity contribution is -0.696. The van der Waals surface area contributed by atoms with Crippen LogP contribution in [0.1, 0.15) is 36.7 Å². The van der Waals surface area contributed by atoms with Crippen LogP contribution in [0.15, 0.2) is 73.1 Å². The van der Waals surface area contributed by atoms with Gasteiger partial charge in [0, 0.05) is 0 Å². The molecule has 2 nitrogen and oxygen atoms in total. The number of hydrogen-bond acceptors (Lipinski definition) is 0. The van der Waals surface area contributed by atoms with Gasteiger partial charge in [-0.25, -0.2) is 9.13 Å². The van der Waals surface area contributed by atoms with Gasteiger partial charge < -0.3 is 12.4 Å². The van der Waals surface area contributed by atoms with Crippen LogP contribution >= 0.6 is 0 Å². The monoisotopic (exact) mass is 326 g/mol. The largest absolute Gasteiger partial charge is 1.00 e. The SMILES string of the molecule is CC(C)c1n(Cc2ccccc2)cc[n+]1Cc1ccccc1.[Cl-]. The van der Waals surface area contributed by atoms with Crippen molar-refractivity contribution >= 4 is 0 Å². The molecule has 23 heavy (non-hydrogen) atoms. The molecule has 0 aliphatic carbocycles. The number of nitrogens with zero attached hydrogens (tertiary/aromatic N) is 2. The third-order valence-corrected chi connectivity index (χ3v) is 3.92. The Balaban J connectivity index is 0.00000192. The molecular weight excluding hydrogens is 304 g/mol. The predicted octanol–water partition coefficient (Wildman–Crippen LogP) is 1.000. The van der Waals surface area contributed by atoms with Crippen molar-refractivity contribution < 1.29 is 17.0 Å². The Morgan fingerprint density at radius 2 is 1.43 bits per heavy atom. The summed E-state index contributed by atoms with van der Waals surface area (Å²) in [6, 6.07) is 21.3. The van der Waals surface area contributed by atoms with Gasteiger partial charge in [-0.05, 0) is 11.1 Å². The lowest BCUT2D eigenvalue weighted by Crippen LogP contribution is -3.00. The molecular formula is C20H23ClN2. The zero-order valence-corrected chi connectivity index (χ0v) is 14.4. The Morgan fingerprint density at radius 3 is 2.00 bits per heavy atom. The Kier molecular flexibility index (Phi) is 6.00. The summed E-state index contributed by atoms with van der Waals surface area (Å²) in [6.07, 6.45) is 4.40. The standard InChI is InChI=1S/C20H23N2.ClH/c1-17(2)20-21(15-18-9-5-3-6-10-18)13-14-22(20)16-19-11-7-4-8-12-19;/h3-14,17H,15-16H2,1-2H3;1H/q+1;/p-1. The van der Waals surface area contributed by atoms with Crippen LogP contribution in [-0.2, 0) is 13.1 Å². The third-order valence-electron chi connectivity index (χ3n) is 3.92. The van der Waals surface area contributed by atoms with Crippen LogP contribution in [0.25, 0.3) is 0 Å². The van der Waals surface area contributed by atoms with Crippen molar-refractivity contribution in [3.63, 3.8) is 0 Å². The molecule has 0 aliphatic rings. The number of benzene rings is 2. The summed E-state index contributed by atoms with van der Waals surface area (Å²) in [5.41, 5.74) is 2.68. The molecule has 1 aromatic heterocycles. The normalized spacial score (nSPS) is 10.6. The Bertz CT molecular complexity index is 659. The molecule has 0 radical (unpaired) electrons. The second kappa shape index (κ2) is 7.98. The molecule has 0 bridgehead atoms. The van der Waals surface area contributed by atoms with Crippen LogP contribution in [0.2, 0.25) is 0 Å². The maximum absolute atomic E-state index is 2.36. The van der Waals surface area contributed by atoms with Crippen molar-refractivity contribution in [1.29, 1.82) is 0 Å². The molecule has 0 saturated heterocycles. The molecule has 3 rings (SSSR count). The van der Waals surface area contributed by atoms with Crippen molar-refractivity contribution in [2.24, 2.45) is 0 Å². The average Bonchev–Trinajstić information content (AvgIpc) is 2.92. The number of rotatable bonds is 5. The van der Waals surface area contributed by atoms with Crippen molar-refractivity contribution in [3.05, 3.63) is 90.0 Å². The summed E-state index contributed by atoms with van der Waals surface area (Å²) in [7, 11) is 0. The van der Waals surface area contributed by atoms with Gasteiger partial charge in [-0.2, -0.15) is 0 Å². The number of halogens is 1. The minimum absolute atomic E-state index is 0. The first-order chi connectivity index (χ1) is 10.7. The predicted molar refractivity (Wildman–Crippen MR) is 89.8 cm³/mol. The van der Waals surface area contributed by atoms with Gasteiger partial charge in [-0.1, -0.05) is 74.5 Å². The summed E-state index contributed by atoms with van der Waals surface area (Å²) in [4.78, 5) is 0. The lowest BCUT2D eigenvalue weighted by Gasteiger charge is -2.08. The van der Waals surface area contributed by atoms with E-state index >= 15 is 0 Å². The first-order valence-corrected chi connectivity index (χ1v) is 7.90. The minimum atomic E-state index is 0. The van der Waals surface area contributed by atoms with Crippen LogP contribution < -0.4 is 17.0 Å². The molecule has 0 aliphatic heterocycles. The molecule has 0 N–H and O–H groups in total. The highest BCUT2D eigenvalue weighted by Gasteiger charge is 2.20. The van der Waals surface area contributed by atoms with Crippen molar-refractivity contribution in [2.45, 2.75) is 32.9 Å². The number of aromatic nitrogens is 2. The van der Waals surface area contributed by atoms with E-state index < -0.39 is 0 Å². The highest BCUT2D eigenvalue weighted by Crippen LogP contribution is 2.13. The molecule has 3 aromatic rings.